The number of hydrogen-bond donors (Lipinski definition) is 0. The van der Waals surface area contributed by atoms with Crippen LogP contribution in [0.3, 0.4) is 0 Å². The highest BCUT2D eigenvalue weighted by atomic mass is 79.9. The predicted molar refractivity (Wildman–Crippen MR) is 65.0 cm³/mol. The molecular formula is C10H9Br2NO2. The molecule has 0 N–H and O–H groups in total. The molecule has 0 saturated carbocycles. The van der Waals surface area contributed by atoms with Gasteiger partial charge in [0.15, 0.2) is 0 Å². The van der Waals surface area contributed by atoms with Gasteiger partial charge in [-0.25, -0.2) is 0 Å². The largest absolute Gasteiger partial charge is 0.370 e. The lowest BCUT2D eigenvalue weighted by molar-refractivity contribution is -0.125. The Morgan fingerprint density at radius 1 is 1.33 bits per heavy atom. The van der Waals surface area contributed by atoms with E-state index in [4.69, 9.17) is 4.74 Å². The van der Waals surface area contributed by atoms with Crippen molar-refractivity contribution in [2.75, 3.05) is 24.7 Å². The normalized spacial score (nSPS) is 16.9. The number of anilines is 1. The molecule has 0 unspecified atom stereocenters. The second-order valence-electron chi connectivity index (χ2n) is 3.19. The summed E-state index contributed by atoms with van der Waals surface area (Å²) in [5.74, 6) is 0.0000463. The van der Waals surface area contributed by atoms with Crippen LogP contribution in [0.1, 0.15) is 0 Å². The maximum Gasteiger partial charge on any atom is 0.253 e. The minimum atomic E-state index is 0.0000463. The predicted octanol–water partition coefficient (Wildman–Crippen LogP) is 2.57. The monoisotopic (exact) mass is 333 g/mol. The van der Waals surface area contributed by atoms with E-state index >= 15 is 0 Å². The molecule has 0 atom stereocenters. The van der Waals surface area contributed by atoms with Gasteiger partial charge in [-0.2, -0.15) is 0 Å². The van der Waals surface area contributed by atoms with Crippen LogP contribution in [-0.2, 0) is 9.53 Å². The van der Waals surface area contributed by atoms with Gasteiger partial charge in [0, 0.05) is 15.5 Å². The average molecular weight is 335 g/mol. The number of carbonyl (C=O) groups is 1. The molecule has 3 nitrogen and oxygen atoms in total. The van der Waals surface area contributed by atoms with Gasteiger partial charge in [-0.3, -0.25) is 4.79 Å². The number of rotatable bonds is 1. The summed E-state index contributed by atoms with van der Waals surface area (Å²) < 4.78 is 6.96. The molecule has 1 fully saturated rings. The fourth-order valence-corrected chi connectivity index (χ4v) is 2.28. The first-order chi connectivity index (χ1) is 7.18. The van der Waals surface area contributed by atoms with Crippen LogP contribution >= 0.6 is 31.9 Å². The third-order valence-corrected chi connectivity index (χ3v) is 3.35. The number of ether oxygens (including phenoxy) is 1. The van der Waals surface area contributed by atoms with Gasteiger partial charge in [0.05, 0.1) is 12.3 Å². The van der Waals surface area contributed by atoms with Gasteiger partial charge < -0.3 is 9.64 Å². The molecule has 1 saturated heterocycles. The van der Waals surface area contributed by atoms with Gasteiger partial charge in [-0.1, -0.05) is 15.9 Å². The maximum atomic E-state index is 11.6. The Morgan fingerprint density at radius 3 is 2.87 bits per heavy atom. The molecule has 0 spiro atoms. The van der Waals surface area contributed by atoms with E-state index in [0.717, 1.165) is 14.6 Å². The lowest BCUT2D eigenvalue weighted by atomic mass is 10.2. The van der Waals surface area contributed by atoms with Crippen LogP contribution in [0.5, 0.6) is 0 Å². The van der Waals surface area contributed by atoms with Crippen LogP contribution in [0.2, 0.25) is 0 Å². The van der Waals surface area contributed by atoms with E-state index in [1.165, 1.54) is 0 Å². The quantitative estimate of drug-likeness (QED) is 0.790. The highest BCUT2D eigenvalue weighted by Crippen LogP contribution is 2.30. The first-order valence-corrected chi connectivity index (χ1v) is 6.10. The number of hydrogen-bond acceptors (Lipinski definition) is 2. The van der Waals surface area contributed by atoms with Crippen molar-refractivity contribution in [2.24, 2.45) is 0 Å². The minimum Gasteiger partial charge on any atom is -0.370 e. The van der Waals surface area contributed by atoms with Crippen molar-refractivity contribution in [2.45, 2.75) is 0 Å². The summed E-state index contributed by atoms with van der Waals surface area (Å²) in [7, 11) is 0. The second kappa shape index (κ2) is 4.63. The van der Waals surface area contributed by atoms with Gasteiger partial charge in [0.2, 0.25) is 0 Å². The number of nitrogens with zero attached hydrogens (tertiary/aromatic N) is 1. The fourth-order valence-electron chi connectivity index (χ4n) is 1.47. The van der Waals surface area contributed by atoms with E-state index in [1.54, 1.807) is 4.90 Å². The average Bonchev–Trinajstić information content (AvgIpc) is 2.23. The Bertz CT molecular complexity index is 395. The van der Waals surface area contributed by atoms with Gasteiger partial charge in [-0.05, 0) is 34.1 Å². The third kappa shape index (κ3) is 2.41. The molecule has 0 aromatic heterocycles. The zero-order valence-corrected chi connectivity index (χ0v) is 11.0. The van der Waals surface area contributed by atoms with E-state index in [1.807, 2.05) is 18.2 Å². The zero-order chi connectivity index (χ0) is 10.8. The molecule has 0 bridgehead atoms. The topological polar surface area (TPSA) is 29.5 Å². The van der Waals surface area contributed by atoms with E-state index in [0.29, 0.717) is 13.2 Å². The van der Waals surface area contributed by atoms with Gasteiger partial charge in [-0.15, -0.1) is 0 Å². The number of carbonyl (C=O) groups excluding carboxylic acids is 1. The number of amides is 1. The Morgan fingerprint density at radius 2 is 2.13 bits per heavy atom. The van der Waals surface area contributed by atoms with Crippen LogP contribution in [0.15, 0.2) is 27.1 Å². The van der Waals surface area contributed by atoms with Crippen molar-refractivity contribution in [3.63, 3.8) is 0 Å². The highest BCUT2D eigenvalue weighted by molar-refractivity contribution is 9.11. The Hall–Kier alpha value is -0.390. The van der Waals surface area contributed by atoms with Crippen LogP contribution in [0.25, 0.3) is 0 Å². The van der Waals surface area contributed by atoms with Crippen molar-refractivity contribution in [3.8, 4) is 0 Å². The molecule has 1 aromatic carbocycles. The lowest BCUT2D eigenvalue weighted by Crippen LogP contribution is -2.41. The summed E-state index contributed by atoms with van der Waals surface area (Å²) >= 11 is 6.83. The van der Waals surface area contributed by atoms with Crippen molar-refractivity contribution < 1.29 is 9.53 Å². The summed E-state index contributed by atoms with van der Waals surface area (Å²) in [4.78, 5) is 13.4. The van der Waals surface area contributed by atoms with Crippen molar-refractivity contribution >= 4 is 43.5 Å². The van der Waals surface area contributed by atoms with E-state index < -0.39 is 0 Å². The molecule has 0 aliphatic carbocycles. The first-order valence-electron chi connectivity index (χ1n) is 4.51. The SMILES string of the molecule is O=C1COCCN1c1cc(Br)ccc1Br. The third-order valence-electron chi connectivity index (χ3n) is 2.18. The summed E-state index contributed by atoms with van der Waals surface area (Å²) in [6.45, 7) is 1.36. The van der Waals surface area contributed by atoms with Crippen molar-refractivity contribution in [1.29, 1.82) is 0 Å². The van der Waals surface area contributed by atoms with Crippen LogP contribution < -0.4 is 4.90 Å². The molecular weight excluding hydrogens is 326 g/mol. The zero-order valence-electron chi connectivity index (χ0n) is 7.87. The molecule has 1 aliphatic heterocycles. The Labute approximate surface area is 105 Å². The number of morpholine rings is 1. The van der Waals surface area contributed by atoms with Crippen LogP contribution in [-0.4, -0.2) is 25.7 Å². The van der Waals surface area contributed by atoms with Gasteiger partial charge in [0.1, 0.15) is 6.61 Å². The molecule has 1 heterocycles. The summed E-state index contributed by atoms with van der Waals surface area (Å²) in [6, 6.07) is 5.77. The lowest BCUT2D eigenvalue weighted by Gasteiger charge is -2.27. The van der Waals surface area contributed by atoms with E-state index in [2.05, 4.69) is 31.9 Å². The number of halogens is 2. The molecule has 2 rings (SSSR count). The second-order valence-corrected chi connectivity index (χ2v) is 4.96. The molecule has 1 aromatic rings. The van der Waals surface area contributed by atoms with Gasteiger partial charge in [0.25, 0.3) is 5.91 Å². The Kier molecular flexibility index (Phi) is 3.43. The van der Waals surface area contributed by atoms with Crippen molar-refractivity contribution in [3.05, 3.63) is 27.1 Å². The highest BCUT2D eigenvalue weighted by Gasteiger charge is 2.21. The molecule has 15 heavy (non-hydrogen) atoms. The molecule has 80 valence electrons. The fraction of sp³-hybridized carbons (Fsp3) is 0.300. The maximum absolute atomic E-state index is 11.6. The molecule has 1 amide bonds. The van der Waals surface area contributed by atoms with E-state index in [9.17, 15) is 4.79 Å². The summed E-state index contributed by atoms with van der Waals surface area (Å²) in [5.41, 5.74) is 0.887. The molecule has 5 heteroatoms. The summed E-state index contributed by atoms with van der Waals surface area (Å²) in [6.07, 6.45) is 0. The Balaban J connectivity index is 2.34. The molecule has 1 aliphatic rings. The van der Waals surface area contributed by atoms with E-state index in [-0.39, 0.29) is 12.5 Å². The number of benzene rings is 1. The van der Waals surface area contributed by atoms with Crippen LogP contribution in [0.4, 0.5) is 5.69 Å². The standard InChI is InChI=1S/C10H9Br2NO2/c11-7-1-2-8(12)9(5-7)13-3-4-15-6-10(13)14/h1-2,5H,3-4,6H2. The minimum absolute atomic E-state index is 0.0000463. The first kappa shape index (κ1) is 11.1. The molecule has 0 radical (unpaired) electrons. The van der Waals surface area contributed by atoms with Crippen LogP contribution in [0, 0.1) is 0 Å². The smallest absolute Gasteiger partial charge is 0.253 e. The van der Waals surface area contributed by atoms with Gasteiger partial charge >= 0.3 is 0 Å². The summed E-state index contributed by atoms with van der Waals surface area (Å²) in [5, 5.41) is 0. The van der Waals surface area contributed by atoms with Crippen molar-refractivity contribution in [1.82, 2.24) is 0 Å².